The van der Waals surface area contributed by atoms with E-state index in [9.17, 15) is 0 Å². The zero-order valence-electron chi connectivity index (χ0n) is 10.5. The van der Waals surface area contributed by atoms with E-state index in [1.807, 2.05) is 0 Å². The van der Waals surface area contributed by atoms with E-state index in [1.54, 1.807) is 0 Å². The maximum absolute atomic E-state index is 4.70. The minimum atomic E-state index is 0.776. The van der Waals surface area contributed by atoms with Gasteiger partial charge in [-0.2, -0.15) is 0 Å². The molecule has 3 heterocycles. The second-order valence-corrected chi connectivity index (χ2v) is 5.88. The highest BCUT2D eigenvalue weighted by Crippen LogP contribution is 2.32. The number of hydrogen-bond acceptors (Lipinski definition) is 2. The number of hydrogen-bond donors (Lipinski definition) is 2. The molecule has 0 aliphatic carbocycles. The van der Waals surface area contributed by atoms with E-state index in [2.05, 4.69) is 34.6 Å². The van der Waals surface area contributed by atoms with Crippen molar-refractivity contribution in [3.05, 3.63) is 30.1 Å². The average molecular weight is 241 g/mol. The van der Waals surface area contributed by atoms with Crippen LogP contribution < -0.4 is 5.32 Å². The Morgan fingerprint density at radius 1 is 1.11 bits per heavy atom. The molecule has 2 fully saturated rings. The number of piperidine rings is 1. The summed E-state index contributed by atoms with van der Waals surface area (Å²) in [5, 5.41) is 3.70. The fourth-order valence-electron chi connectivity index (χ4n) is 3.72. The van der Waals surface area contributed by atoms with Crippen LogP contribution in [0.4, 0.5) is 0 Å². The molecule has 1 aromatic heterocycles. The summed E-state index contributed by atoms with van der Waals surface area (Å²) < 4.78 is 0. The lowest BCUT2D eigenvalue weighted by molar-refractivity contribution is 0.295. The van der Waals surface area contributed by atoms with Crippen molar-refractivity contribution in [1.82, 2.24) is 15.3 Å². The molecular formula is C15H19N3. The Labute approximate surface area is 107 Å². The van der Waals surface area contributed by atoms with Crippen molar-refractivity contribution in [2.24, 2.45) is 5.92 Å². The summed E-state index contributed by atoms with van der Waals surface area (Å²) >= 11 is 0. The van der Waals surface area contributed by atoms with Crippen LogP contribution in [0.15, 0.2) is 24.3 Å². The van der Waals surface area contributed by atoms with Gasteiger partial charge in [0.1, 0.15) is 5.82 Å². The first-order valence-corrected chi connectivity index (χ1v) is 7.06. The number of imidazole rings is 1. The number of para-hydroxylation sites is 2. The van der Waals surface area contributed by atoms with E-state index in [-0.39, 0.29) is 0 Å². The highest BCUT2D eigenvalue weighted by molar-refractivity contribution is 5.74. The SMILES string of the molecule is c1ccc2[nH]c(CC3C[C@H]4CC[C@@H](C3)N4)nc2c1. The lowest BCUT2D eigenvalue weighted by Gasteiger charge is -2.28. The van der Waals surface area contributed by atoms with Gasteiger partial charge in [0.05, 0.1) is 11.0 Å². The van der Waals surface area contributed by atoms with Crippen molar-refractivity contribution in [2.45, 2.75) is 44.2 Å². The number of H-pyrrole nitrogens is 1. The van der Waals surface area contributed by atoms with E-state index in [1.165, 1.54) is 37.0 Å². The quantitative estimate of drug-likeness (QED) is 0.848. The van der Waals surface area contributed by atoms with E-state index >= 15 is 0 Å². The molecule has 2 N–H and O–H groups in total. The molecule has 2 aromatic rings. The average Bonchev–Trinajstić information content (AvgIpc) is 2.92. The monoisotopic (exact) mass is 241 g/mol. The molecule has 3 atom stereocenters. The Bertz CT molecular complexity index is 515. The number of rotatable bonds is 2. The number of aromatic amines is 1. The van der Waals surface area contributed by atoms with Crippen LogP contribution in [0.1, 0.15) is 31.5 Å². The molecule has 2 aliphatic rings. The fourth-order valence-corrected chi connectivity index (χ4v) is 3.72. The molecule has 4 rings (SSSR count). The Morgan fingerprint density at radius 2 is 1.89 bits per heavy atom. The van der Waals surface area contributed by atoms with E-state index < -0.39 is 0 Å². The van der Waals surface area contributed by atoms with Gasteiger partial charge in [0.2, 0.25) is 0 Å². The number of aromatic nitrogens is 2. The van der Waals surface area contributed by atoms with Gasteiger partial charge in [-0.15, -0.1) is 0 Å². The standard InChI is InChI=1S/C15H19N3/c1-2-4-14-13(3-1)17-15(18-14)9-10-7-11-5-6-12(8-10)16-11/h1-4,10-12,16H,5-9H2,(H,17,18)/t10?,11-,12+. The molecule has 1 aromatic carbocycles. The molecule has 2 bridgehead atoms. The van der Waals surface area contributed by atoms with Gasteiger partial charge in [-0.05, 0) is 43.7 Å². The van der Waals surface area contributed by atoms with Crippen LogP contribution in [-0.2, 0) is 6.42 Å². The molecule has 3 heteroatoms. The fraction of sp³-hybridized carbons (Fsp3) is 0.533. The number of benzene rings is 1. The third kappa shape index (κ3) is 1.83. The second kappa shape index (κ2) is 4.09. The molecule has 3 nitrogen and oxygen atoms in total. The Balaban J connectivity index is 1.54. The van der Waals surface area contributed by atoms with E-state index in [0.29, 0.717) is 0 Å². The predicted octanol–water partition coefficient (Wildman–Crippen LogP) is 2.64. The summed E-state index contributed by atoms with van der Waals surface area (Å²) in [7, 11) is 0. The number of fused-ring (bicyclic) bond motifs is 3. The molecule has 18 heavy (non-hydrogen) atoms. The Kier molecular flexibility index (Phi) is 2.40. The smallest absolute Gasteiger partial charge is 0.107 e. The van der Waals surface area contributed by atoms with Gasteiger partial charge in [-0.3, -0.25) is 0 Å². The third-order valence-electron chi connectivity index (χ3n) is 4.49. The van der Waals surface area contributed by atoms with E-state index in [4.69, 9.17) is 4.98 Å². The largest absolute Gasteiger partial charge is 0.342 e. The van der Waals surface area contributed by atoms with Gasteiger partial charge in [-0.1, -0.05) is 12.1 Å². The van der Waals surface area contributed by atoms with Gasteiger partial charge >= 0.3 is 0 Å². The van der Waals surface area contributed by atoms with Crippen molar-refractivity contribution in [2.75, 3.05) is 0 Å². The maximum atomic E-state index is 4.70. The van der Waals surface area contributed by atoms with Gasteiger partial charge < -0.3 is 10.3 Å². The molecule has 0 amide bonds. The van der Waals surface area contributed by atoms with Crippen LogP contribution in [0, 0.1) is 5.92 Å². The van der Waals surface area contributed by atoms with Crippen LogP contribution in [0.5, 0.6) is 0 Å². The molecule has 94 valence electrons. The Morgan fingerprint density at radius 3 is 2.67 bits per heavy atom. The minimum absolute atomic E-state index is 0.776. The van der Waals surface area contributed by atoms with Crippen LogP contribution in [-0.4, -0.2) is 22.1 Å². The van der Waals surface area contributed by atoms with Crippen LogP contribution >= 0.6 is 0 Å². The molecule has 2 aliphatic heterocycles. The maximum Gasteiger partial charge on any atom is 0.107 e. The van der Waals surface area contributed by atoms with Gasteiger partial charge in [-0.25, -0.2) is 4.98 Å². The highest BCUT2D eigenvalue weighted by atomic mass is 15.0. The summed E-state index contributed by atoms with van der Waals surface area (Å²) in [5.74, 6) is 1.98. The first-order chi connectivity index (χ1) is 8.87. The van der Waals surface area contributed by atoms with Crippen molar-refractivity contribution >= 4 is 11.0 Å². The molecule has 0 spiro atoms. The van der Waals surface area contributed by atoms with E-state index in [0.717, 1.165) is 29.9 Å². The molecule has 1 unspecified atom stereocenters. The highest BCUT2D eigenvalue weighted by Gasteiger charge is 2.33. The molecule has 0 radical (unpaired) electrons. The topological polar surface area (TPSA) is 40.7 Å². The van der Waals surface area contributed by atoms with Crippen LogP contribution in [0.2, 0.25) is 0 Å². The Hall–Kier alpha value is -1.35. The second-order valence-electron chi connectivity index (χ2n) is 5.88. The predicted molar refractivity (Wildman–Crippen MR) is 72.5 cm³/mol. The lowest BCUT2D eigenvalue weighted by Crippen LogP contribution is -2.38. The summed E-state index contributed by atoms with van der Waals surface area (Å²) in [4.78, 5) is 8.16. The van der Waals surface area contributed by atoms with Crippen molar-refractivity contribution in [3.8, 4) is 0 Å². The lowest BCUT2D eigenvalue weighted by atomic mass is 9.89. The van der Waals surface area contributed by atoms with Crippen molar-refractivity contribution < 1.29 is 0 Å². The van der Waals surface area contributed by atoms with Crippen LogP contribution in [0.25, 0.3) is 11.0 Å². The first kappa shape index (κ1) is 10.6. The van der Waals surface area contributed by atoms with Crippen LogP contribution in [0.3, 0.4) is 0 Å². The van der Waals surface area contributed by atoms with Crippen molar-refractivity contribution in [3.63, 3.8) is 0 Å². The normalized spacial score (nSPS) is 31.0. The van der Waals surface area contributed by atoms with Crippen molar-refractivity contribution in [1.29, 1.82) is 0 Å². The minimum Gasteiger partial charge on any atom is -0.342 e. The van der Waals surface area contributed by atoms with Gasteiger partial charge in [0, 0.05) is 18.5 Å². The summed E-state index contributed by atoms with van der Waals surface area (Å²) in [6.45, 7) is 0. The first-order valence-electron chi connectivity index (χ1n) is 7.06. The zero-order valence-corrected chi connectivity index (χ0v) is 10.5. The zero-order chi connectivity index (χ0) is 11.9. The van der Waals surface area contributed by atoms with Gasteiger partial charge in [0.25, 0.3) is 0 Å². The summed E-state index contributed by atoms with van der Waals surface area (Å²) in [5.41, 5.74) is 2.27. The summed E-state index contributed by atoms with van der Waals surface area (Å²) in [6, 6.07) is 9.86. The number of nitrogens with one attached hydrogen (secondary N) is 2. The van der Waals surface area contributed by atoms with Gasteiger partial charge in [0.15, 0.2) is 0 Å². The molecule has 0 saturated carbocycles. The molecular weight excluding hydrogens is 222 g/mol. The third-order valence-corrected chi connectivity index (χ3v) is 4.49. The number of nitrogens with zero attached hydrogens (tertiary/aromatic N) is 1. The summed E-state index contributed by atoms with van der Waals surface area (Å²) in [6.07, 6.45) is 6.52. The molecule has 2 saturated heterocycles.